The molecule has 2 aromatic rings. The molecule has 2 rings (SSSR count). The molecule has 0 unspecified atom stereocenters. The standard InChI is InChI=1S/C18H15N3O3/c1-13-15(11-7-4-8-12-16(19-2)18(23)24)17(22)21(20-13)14-9-5-3-6-10-14/h3-12,20H,1H3,(H,23,24)/b8-4+,11-7+,16-12-. The van der Waals surface area contributed by atoms with Gasteiger partial charge in [0.05, 0.1) is 17.8 Å². The van der Waals surface area contributed by atoms with Crippen molar-refractivity contribution < 1.29 is 9.90 Å². The highest BCUT2D eigenvalue weighted by Crippen LogP contribution is 2.08. The molecule has 6 nitrogen and oxygen atoms in total. The number of nitrogens with zero attached hydrogens (tertiary/aromatic N) is 2. The first-order valence-electron chi connectivity index (χ1n) is 7.07. The van der Waals surface area contributed by atoms with Crippen molar-refractivity contribution in [3.05, 3.63) is 93.4 Å². The van der Waals surface area contributed by atoms with Gasteiger partial charge in [-0.05, 0) is 31.2 Å². The highest BCUT2D eigenvalue weighted by Gasteiger charge is 2.09. The molecule has 0 aliphatic heterocycles. The molecule has 2 N–H and O–H groups in total. The van der Waals surface area contributed by atoms with Gasteiger partial charge in [0.15, 0.2) is 0 Å². The van der Waals surface area contributed by atoms with Crippen LogP contribution in [0.4, 0.5) is 0 Å². The first-order valence-corrected chi connectivity index (χ1v) is 7.07. The highest BCUT2D eigenvalue weighted by molar-refractivity contribution is 5.88. The Morgan fingerprint density at radius 2 is 1.96 bits per heavy atom. The van der Waals surface area contributed by atoms with Crippen molar-refractivity contribution in [2.45, 2.75) is 6.92 Å². The van der Waals surface area contributed by atoms with E-state index < -0.39 is 5.97 Å². The van der Waals surface area contributed by atoms with Gasteiger partial charge in [-0.1, -0.05) is 36.4 Å². The third kappa shape index (κ3) is 3.78. The third-order valence-corrected chi connectivity index (χ3v) is 3.21. The van der Waals surface area contributed by atoms with Crippen LogP contribution in [0.5, 0.6) is 0 Å². The van der Waals surface area contributed by atoms with E-state index in [9.17, 15) is 9.59 Å². The molecule has 1 aromatic carbocycles. The zero-order chi connectivity index (χ0) is 17.5. The highest BCUT2D eigenvalue weighted by atomic mass is 16.4. The lowest BCUT2D eigenvalue weighted by atomic mass is 10.2. The number of hydrogen-bond acceptors (Lipinski definition) is 2. The largest absolute Gasteiger partial charge is 0.486 e. The number of hydrogen-bond donors (Lipinski definition) is 2. The lowest BCUT2D eigenvalue weighted by Gasteiger charge is -1.99. The Labute approximate surface area is 138 Å². The molecule has 120 valence electrons. The molecule has 0 amide bonds. The van der Waals surface area contributed by atoms with Gasteiger partial charge < -0.3 is 5.11 Å². The smallest absolute Gasteiger partial charge is 0.333 e. The summed E-state index contributed by atoms with van der Waals surface area (Å²) in [6.07, 6.45) is 7.46. The Bertz CT molecular complexity index is 923. The lowest BCUT2D eigenvalue weighted by Crippen LogP contribution is -2.15. The van der Waals surface area contributed by atoms with Crippen molar-refractivity contribution in [3.63, 3.8) is 0 Å². The molecular weight excluding hydrogens is 306 g/mol. The van der Waals surface area contributed by atoms with Gasteiger partial charge in [0.2, 0.25) is 0 Å². The molecule has 0 aliphatic carbocycles. The molecule has 0 spiro atoms. The van der Waals surface area contributed by atoms with Crippen molar-refractivity contribution in [2.75, 3.05) is 0 Å². The fraction of sp³-hybridized carbons (Fsp3) is 0.0556. The van der Waals surface area contributed by atoms with E-state index in [0.29, 0.717) is 5.56 Å². The first kappa shape index (κ1) is 16.8. The van der Waals surface area contributed by atoms with E-state index in [2.05, 4.69) is 9.94 Å². The summed E-state index contributed by atoms with van der Waals surface area (Å²) in [6.45, 7) is 8.52. The quantitative estimate of drug-likeness (QED) is 0.505. The van der Waals surface area contributed by atoms with Gasteiger partial charge >= 0.3 is 5.97 Å². The van der Waals surface area contributed by atoms with Crippen molar-refractivity contribution >= 4 is 12.0 Å². The SMILES string of the molecule is [C-]#[N+]\C(=C/C=C/C=C/c1c(C)[nH]n(-c2ccccc2)c1=O)C(=O)O. The molecular formula is C18H15N3O3. The van der Waals surface area contributed by atoms with Crippen LogP contribution in [0.15, 0.2) is 65.1 Å². The number of carboxylic acids is 1. The van der Waals surface area contributed by atoms with Crippen molar-refractivity contribution in [1.82, 2.24) is 9.78 Å². The van der Waals surface area contributed by atoms with E-state index in [-0.39, 0.29) is 11.3 Å². The third-order valence-electron chi connectivity index (χ3n) is 3.21. The second kappa shape index (κ2) is 7.61. The molecule has 0 saturated heterocycles. The predicted molar refractivity (Wildman–Crippen MR) is 91.6 cm³/mol. The summed E-state index contributed by atoms with van der Waals surface area (Å²) in [5, 5.41) is 11.7. The number of para-hydroxylation sites is 1. The Balaban J connectivity index is 2.23. The Hall–Kier alpha value is -3.59. The summed E-state index contributed by atoms with van der Waals surface area (Å²) in [4.78, 5) is 26.0. The van der Waals surface area contributed by atoms with Gasteiger partial charge in [-0.2, -0.15) is 0 Å². The fourth-order valence-corrected chi connectivity index (χ4v) is 2.03. The van der Waals surface area contributed by atoms with Crippen LogP contribution >= 0.6 is 0 Å². The van der Waals surface area contributed by atoms with Crippen LogP contribution < -0.4 is 5.56 Å². The van der Waals surface area contributed by atoms with Crippen LogP contribution in [0.1, 0.15) is 11.3 Å². The second-order valence-electron chi connectivity index (χ2n) is 4.84. The Kier molecular flexibility index (Phi) is 5.32. The summed E-state index contributed by atoms with van der Waals surface area (Å²) >= 11 is 0. The van der Waals surface area contributed by atoms with Crippen LogP contribution in [0.2, 0.25) is 0 Å². The number of aromatic amines is 1. The fourth-order valence-electron chi connectivity index (χ4n) is 2.03. The van der Waals surface area contributed by atoms with Gasteiger partial charge in [-0.3, -0.25) is 14.7 Å². The lowest BCUT2D eigenvalue weighted by molar-refractivity contribution is -0.132. The van der Waals surface area contributed by atoms with Crippen molar-refractivity contribution in [2.24, 2.45) is 0 Å². The summed E-state index contributed by atoms with van der Waals surface area (Å²) in [6, 6.07) is 9.22. The van der Waals surface area contributed by atoms with Crippen LogP contribution in [-0.2, 0) is 4.79 Å². The molecule has 0 bridgehead atoms. The van der Waals surface area contributed by atoms with Crippen LogP contribution in [0.25, 0.3) is 16.6 Å². The average Bonchev–Trinajstić information content (AvgIpc) is 2.86. The maximum atomic E-state index is 12.4. The zero-order valence-corrected chi connectivity index (χ0v) is 12.9. The van der Waals surface area contributed by atoms with E-state index in [4.69, 9.17) is 11.7 Å². The molecule has 1 aromatic heterocycles. The number of carboxylic acid groups (broad SMARTS) is 1. The molecule has 0 saturated carbocycles. The maximum Gasteiger partial charge on any atom is 0.333 e. The van der Waals surface area contributed by atoms with Crippen LogP contribution in [-0.4, -0.2) is 20.9 Å². The van der Waals surface area contributed by atoms with Crippen molar-refractivity contribution in [1.29, 1.82) is 0 Å². The number of rotatable bonds is 5. The minimum atomic E-state index is -1.27. The predicted octanol–water partition coefficient (Wildman–Crippen LogP) is 2.93. The van der Waals surface area contributed by atoms with Gasteiger partial charge in [0, 0.05) is 5.69 Å². The average molecular weight is 321 g/mol. The first-order chi connectivity index (χ1) is 11.5. The molecule has 0 fully saturated rings. The van der Waals surface area contributed by atoms with Gasteiger partial charge in [0.1, 0.15) is 0 Å². The zero-order valence-electron chi connectivity index (χ0n) is 12.9. The van der Waals surface area contributed by atoms with Gasteiger partial charge in [0.25, 0.3) is 11.3 Å². The molecule has 0 atom stereocenters. The van der Waals surface area contributed by atoms with E-state index in [1.54, 1.807) is 25.2 Å². The van der Waals surface area contributed by atoms with E-state index in [0.717, 1.165) is 11.4 Å². The summed E-state index contributed by atoms with van der Waals surface area (Å²) in [5.74, 6) is -1.27. The van der Waals surface area contributed by atoms with E-state index >= 15 is 0 Å². The Morgan fingerprint density at radius 1 is 1.25 bits per heavy atom. The second-order valence-corrected chi connectivity index (χ2v) is 4.84. The number of aryl methyl sites for hydroxylation is 1. The van der Waals surface area contributed by atoms with Crippen LogP contribution in [0, 0.1) is 13.5 Å². The number of carbonyl (C=O) groups is 1. The summed E-state index contributed by atoms with van der Waals surface area (Å²) in [5.41, 5.74) is 1.43. The Morgan fingerprint density at radius 3 is 2.58 bits per heavy atom. The number of benzene rings is 1. The molecule has 0 radical (unpaired) electrons. The van der Waals surface area contributed by atoms with E-state index in [1.165, 1.54) is 16.8 Å². The molecule has 0 aliphatic rings. The van der Waals surface area contributed by atoms with Gasteiger partial charge in [-0.15, -0.1) is 0 Å². The van der Waals surface area contributed by atoms with E-state index in [1.807, 2.05) is 30.3 Å². The summed E-state index contributed by atoms with van der Waals surface area (Å²) in [7, 11) is 0. The topological polar surface area (TPSA) is 79.5 Å². The minimum absolute atomic E-state index is 0.175. The molecule has 1 heterocycles. The van der Waals surface area contributed by atoms with Crippen molar-refractivity contribution in [3.8, 4) is 5.69 Å². The number of H-pyrrole nitrogens is 1. The minimum Gasteiger partial charge on any atom is -0.486 e. The molecule has 6 heteroatoms. The number of allylic oxidation sites excluding steroid dienone is 4. The number of aromatic nitrogens is 2. The number of nitrogens with one attached hydrogen (secondary N) is 1. The maximum absolute atomic E-state index is 12.4. The molecule has 24 heavy (non-hydrogen) atoms. The number of aliphatic carboxylic acids is 1. The monoisotopic (exact) mass is 321 g/mol. The van der Waals surface area contributed by atoms with Crippen LogP contribution in [0.3, 0.4) is 0 Å². The normalized spacial score (nSPS) is 11.9. The summed E-state index contributed by atoms with van der Waals surface area (Å²) < 4.78 is 1.46. The van der Waals surface area contributed by atoms with Gasteiger partial charge in [-0.25, -0.2) is 9.53 Å².